The van der Waals surface area contributed by atoms with Crippen LogP contribution >= 0.6 is 11.3 Å². The molecule has 5 nitrogen and oxygen atoms in total. The number of amides is 1. The lowest BCUT2D eigenvalue weighted by molar-refractivity contribution is -0.129. The van der Waals surface area contributed by atoms with E-state index < -0.39 is 0 Å². The fourth-order valence-electron chi connectivity index (χ4n) is 2.36. The van der Waals surface area contributed by atoms with Crippen LogP contribution in [0.4, 0.5) is 0 Å². The van der Waals surface area contributed by atoms with E-state index in [1.165, 1.54) is 0 Å². The average molecular weight is 341 g/mol. The van der Waals surface area contributed by atoms with Crippen LogP contribution in [0.15, 0.2) is 40.3 Å². The molecule has 0 N–H and O–H groups in total. The van der Waals surface area contributed by atoms with Gasteiger partial charge in [-0.05, 0) is 26.0 Å². The second-order valence-corrected chi connectivity index (χ2v) is 6.61. The molecular weight excluding hydrogens is 322 g/mol. The van der Waals surface area contributed by atoms with Crippen molar-refractivity contribution in [1.82, 2.24) is 14.9 Å². The predicted molar refractivity (Wildman–Crippen MR) is 93.7 cm³/mol. The average Bonchev–Trinajstić information content (AvgIpc) is 3.15. The van der Waals surface area contributed by atoms with Crippen molar-refractivity contribution in [2.75, 3.05) is 7.05 Å². The molecule has 0 aliphatic heterocycles. The fraction of sp³-hybridized carbons (Fsp3) is 0.278. The zero-order valence-corrected chi connectivity index (χ0v) is 14.8. The number of oxazole rings is 1. The van der Waals surface area contributed by atoms with Crippen LogP contribution in [-0.4, -0.2) is 27.8 Å². The minimum atomic E-state index is 0.0128. The number of hydrogen-bond donors (Lipinski definition) is 0. The summed E-state index contributed by atoms with van der Waals surface area (Å²) in [7, 11) is 1.80. The van der Waals surface area contributed by atoms with Gasteiger partial charge >= 0.3 is 0 Å². The number of benzene rings is 1. The first-order chi connectivity index (χ1) is 11.5. The molecule has 0 saturated carbocycles. The molecular formula is C18H19N3O2S. The highest BCUT2D eigenvalue weighted by Gasteiger charge is 2.18. The van der Waals surface area contributed by atoms with Crippen molar-refractivity contribution in [1.29, 1.82) is 0 Å². The highest BCUT2D eigenvalue weighted by molar-refractivity contribution is 7.09. The summed E-state index contributed by atoms with van der Waals surface area (Å²) in [5.41, 5.74) is 4.37. The third kappa shape index (κ3) is 3.54. The van der Waals surface area contributed by atoms with Gasteiger partial charge in [-0.25, -0.2) is 9.97 Å². The summed E-state index contributed by atoms with van der Waals surface area (Å²) in [6, 6.07) is 9.70. The third-order valence-electron chi connectivity index (χ3n) is 3.88. The Morgan fingerprint density at radius 3 is 2.67 bits per heavy atom. The fourth-order valence-corrected chi connectivity index (χ4v) is 3.19. The number of likely N-dealkylation sites (N-methyl/N-ethyl adjacent to an activating group) is 1. The maximum absolute atomic E-state index is 12.5. The Kier molecular flexibility index (Phi) is 4.76. The Hall–Kier alpha value is -2.47. The summed E-state index contributed by atoms with van der Waals surface area (Å²) in [6.07, 6.45) is 0.233. The Morgan fingerprint density at radius 2 is 2.00 bits per heavy atom. The Balaban J connectivity index is 1.70. The van der Waals surface area contributed by atoms with Gasteiger partial charge in [-0.15, -0.1) is 11.3 Å². The van der Waals surface area contributed by atoms with Crippen molar-refractivity contribution in [3.8, 4) is 11.5 Å². The molecule has 0 aliphatic carbocycles. The van der Waals surface area contributed by atoms with Crippen LogP contribution in [0.5, 0.6) is 0 Å². The van der Waals surface area contributed by atoms with E-state index >= 15 is 0 Å². The largest absolute Gasteiger partial charge is 0.441 e. The topological polar surface area (TPSA) is 59.2 Å². The highest BCUT2D eigenvalue weighted by atomic mass is 32.1. The summed E-state index contributed by atoms with van der Waals surface area (Å²) in [6.45, 7) is 4.37. The van der Waals surface area contributed by atoms with Gasteiger partial charge in [0.1, 0.15) is 5.76 Å². The molecule has 0 saturated heterocycles. The molecule has 2 heterocycles. The summed E-state index contributed by atoms with van der Waals surface area (Å²) in [5, 5.41) is 0. The summed E-state index contributed by atoms with van der Waals surface area (Å²) >= 11 is 1.57. The van der Waals surface area contributed by atoms with E-state index in [4.69, 9.17) is 4.42 Å². The van der Waals surface area contributed by atoms with Crippen LogP contribution in [0.3, 0.4) is 0 Å². The quantitative estimate of drug-likeness (QED) is 0.711. The molecule has 1 aromatic carbocycles. The van der Waals surface area contributed by atoms with Crippen molar-refractivity contribution in [3.63, 3.8) is 0 Å². The first kappa shape index (κ1) is 16.4. The van der Waals surface area contributed by atoms with Gasteiger partial charge in [0.15, 0.2) is 0 Å². The lowest BCUT2D eigenvalue weighted by atomic mass is 10.2. The molecule has 6 heteroatoms. The number of rotatable bonds is 5. The number of carbonyl (C=O) groups is 1. The van der Waals surface area contributed by atoms with Crippen molar-refractivity contribution in [3.05, 3.63) is 57.9 Å². The van der Waals surface area contributed by atoms with Gasteiger partial charge < -0.3 is 9.32 Å². The second kappa shape index (κ2) is 6.97. The molecule has 0 radical (unpaired) electrons. The molecule has 24 heavy (non-hydrogen) atoms. The number of aryl methyl sites for hydroxylation is 2. The standard InChI is InChI=1S/C18H19N3O2S/c1-12-16(24-11-19-12)10-21(3)17(22)9-15-13(2)23-18(20-15)14-7-5-4-6-8-14/h4-8,11H,9-10H2,1-3H3. The minimum absolute atomic E-state index is 0.0128. The van der Waals surface area contributed by atoms with Crippen LogP contribution in [0.25, 0.3) is 11.5 Å². The second-order valence-electron chi connectivity index (χ2n) is 5.68. The minimum Gasteiger partial charge on any atom is -0.441 e. The first-order valence-electron chi connectivity index (χ1n) is 7.69. The monoisotopic (exact) mass is 341 g/mol. The summed E-state index contributed by atoms with van der Waals surface area (Å²) < 4.78 is 5.72. The van der Waals surface area contributed by atoms with E-state index in [2.05, 4.69) is 9.97 Å². The van der Waals surface area contributed by atoms with Crippen LogP contribution in [0.2, 0.25) is 0 Å². The molecule has 2 aromatic heterocycles. The van der Waals surface area contributed by atoms with Gasteiger partial charge in [-0.2, -0.15) is 0 Å². The number of thiazole rings is 1. The van der Waals surface area contributed by atoms with E-state index in [0.717, 1.165) is 16.1 Å². The SMILES string of the molecule is Cc1ncsc1CN(C)C(=O)Cc1nc(-c2ccccc2)oc1C. The Labute approximate surface area is 145 Å². The zero-order valence-electron chi connectivity index (χ0n) is 13.9. The summed E-state index contributed by atoms with van der Waals surface area (Å²) in [4.78, 5) is 24.0. The Bertz CT molecular complexity index is 839. The first-order valence-corrected chi connectivity index (χ1v) is 8.57. The van der Waals surface area contributed by atoms with Gasteiger partial charge in [-0.3, -0.25) is 4.79 Å². The van der Waals surface area contributed by atoms with Gasteiger partial charge in [0.25, 0.3) is 0 Å². The smallest absolute Gasteiger partial charge is 0.228 e. The maximum Gasteiger partial charge on any atom is 0.228 e. The molecule has 0 fully saturated rings. The van der Waals surface area contributed by atoms with Gasteiger partial charge in [0.2, 0.25) is 11.8 Å². The van der Waals surface area contributed by atoms with E-state index in [-0.39, 0.29) is 12.3 Å². The molecule has 3 aromatic rings. The van der Waals surface area contributed by atoms with Crippen LogP contribution in [0.1, 0.15) is 22.0 Å². The number of hydrogen-bond acceptors (Lipinski definition) is 5. The normalized spacial score (nSPS) is 10.8. The van der Waals surface area contributed by atoms with Crippen molar-refractivity contribution in [2.45, 2.75) is 26.8 Å². The number of carbonyl (C=O) groups excluding carboxylic acids is 1. The predicted octanol–water partition coefficient (Wildman–Crippen LogP) is 3.62. The van der Waals surface area contributed by atoms with Crippen molar-refractivity contribution < 1.29 is 9.21 Å². The summed E-state index contributed by atoms with van der Waals surface area (Å²) in [5.74, 6) is 1.25. The molecule has 3 rings (SSSR count). The zero-order chi connectivity index (χ0) is 17.1. The van der Waals surface area contributed by atoms with E-state index in [1.807, 2.05) is 44.2 Å². The van der Waals surface area contributed by atoms with Gasteiger partial charge in [0, 0.05) is 17.5 Å². The van der Waals surface area contributed by atoms with E-state index in [9.17, 15) is 4.79 Å². The maximum atomic E-state index is 12.5. The molecule has 0 atom stereocenters. The molecule has 124 valence electrons. The van der Waals surface area contributed by atoms with Crippen LogP contribution in [0, 0.1) is 13.8 Å². The van der Waals surface area contributed by atoms with Crippen LogP contribution < -0.4 is 0 Å². The lowest BCUT2D eigenvalue weighted by Gasteiger charge is -2.16. The van der Waals surface area contributed by atoms with Gasteiger partial charge in [0.05, 0.1) is 29.9 Å². The molecule has 0 spiro atoms. The third-order valence-corrected chi connectivity index (χ3v) is 4.80. The van der Waals surface area contributed by atoms with Gasteiger partial charge in [-0.1, -0.05) is 18.2 Å². The molecule has 0 unspecified atom stereocenters. The molecule has 0 aliphatic rings. The van der Waals surface area contributed by atoms with E-state index in [1.54, 1.807) is 28.8 Å². The van der Waals surface area contributed by atoms with Crippen LogP contribution in [-0.2, 0) is 17.8 Å². The van der Waals surface area contributed by atoms with Crippen molar-refractivity contribution >= 4 is 17.2 Å². The lowest BCUT2D eigenvalue weighted by Crippen LogP contribution is -2.28. The number of nitrogens with zero attached hydrogens (tertiary/aromatic N) is 3. The Morgan fingerprint density at radius 1 is 1.25 bits per heavy atom. The van der Waals surface area contributed by atoms with E-state index in [0.29, 0.717) is 23.9 Å². The van der Waals surface area contributed by atoms with Crippen molar-refractivity contribution in [2.24, 2.45) is 0 Å². The highest BCUT2D eigenvalue weighted by Crippen LogP contribution is 2.22. The molecule has 0 bridgehead atoms. The molecule has 1 amide bonds. The number of aromatic nitrogens is 2.